The Morgan fingerprint density at radius 3 is 1.39 bits per heavy atom. The maximum absolute atomic E-state index is 11.7. The van der Waals surface area contributed by atoms with E-state index in [-0.39, 0.29) is 6.61 Å². The van der Waals surface area contributed by atoms with Crippen LogP contribution < -0.4 is 0 Å². The topological polar surface area (TPSA) is 118 Å². The lowest BCUT2D eigenvalue weighted by Crippen LogP contribution is -2.34. The van der Waals surface area contributed by atoms with Gasteiger partial charge in [0, 0.05) is 0 Å². The van der Waals surface area contributed by atoms with Crippen molar-refractivity contribution < 1.29 is 32.4 Å². The number of carboxylic acid groups (broad SMARTS) is 1. The number of hydrogen-bond donors (Lipinski definition) is 2. The third kappa shape index (κ3) is 19.3. The molecule has 0 aliphatic rings. The molecule has 0 fully saturated rings. The van der Waals surface area contributed by atoms with Gasteiger partial charge in [0.2, 0.25) is 0 Å². The maximum atomic E-state index is 11.7. The molecule has 7 nitrogen and oxygen atoms in total. The van der Waals surface area contributed by atoms with E-state index in [1.54, 1.807) is 0 Å². The van der Waals surface area contributed by atoms with Gasteiger partial charge in [-0.05, 0) is 6.42 Å². The van der Waals surface area contributed by atoms with Crippen LogP contribution in [0.1, 0.15) is 122 Å². The van der Waals surface area contributed by atoms with Crippen molar-refractivity contribution in [2.45, 2.75) is 128 Å². The summed E-state index contributed by atoms with van der Waals surface area (Å²) >= 11 is 0. The van der Waals surface area contributed by atoms with E-state index in [0.29, 0.717) is 6.42 Å². The first-order chi connectivity index (χ1) is 14.8. The monoisotopic (exact) mass is 464 g/mol. The highest BCUT2D eigenvalue weighted by Gasteiger charge is 2.34. The van der Waals surface area contributed by atoms with Gasteiger partial charge in [0.05, 0.1) is 13.0 Å². The SMILES string of the molecule is CCCCCCCCCCCCCCCCCCCOC(=O)C(CC(=O)O)S(=O)(=O)O. The number of esters is 1. The van der Waals surface area contributed by atoms with Crippen molar-refractivity contribution in [1.29, 1.82) is 0 Å². The van der Waals surface area contributed by atoms with Crippen molar-refractivity contribution in [3.05, 3.63) is 0 Å². The van der Waals surface area contributed by atoms with Crippen LogP contribution in [-0.4, -0.2) is 41.9 Å². The van der Waals surface area contributed by atoms with Crippen LogP contribution >= 0.6 is 0 Å². The first-order valence-electron chi connectivity index (χ1n) is 12.1. The highest BCUT2D eigenvalue weighted by atomic mass is 32.2. The van der Waals surface area contributed by atoms with Gasteiger partial charge in [-0.2, -0.15) is 8.42 Å². The van der Waals surface area contributed by atoms with E-state index in [4.69, 9.17) is 14.4 Å². The van der Waals surface area contributed by atoms with E-state index >= 15 is 0 Å². The van der Waals surface area contributed by atoms with E-state index in [9.17, 15) is 18.0 Å². The standard InChI is InChI=1S/C23H44O7S/c1-2-3-4-5-6-7-8-9-10-11-12-13-14-15-16-17-18-19-30-23(26)21(20-22(24)25)31(27,28)29/h21H,2-20H2,1H3,(H,24,25)(H,27,28,29). The van der Waals surface area contributed by atoms with Crippen LogP contribution in [0.3, 0.4) is 0 Å². The smallest absolute Gasteiger partial charge is 0.327 e. The number of carboxylic acids is 1. The fraction of sp³-hybridized carbons (Fsp3) is 0.913. The van der Waals surface area contributed by atoms with Gasteiger partial charge in [-0.1, -0.05) is 110 Å². The molecule has 31 heavy (non-hydrogen) atoms. The van der Waals surface area contributed by atoms with Crippen LogP contribution in [0.2, 0.25) is 0 Å². The zero-order valence-corrected chi connectivity index (χ0v) is 20.2. The molecule has 0 aromatic heterocycles. The Hall–Kier alpha value is -1.15. The van der Waals surface area contributed by atoms with Crippen molar-refractivity contribution in [2.75, 3.05) is 6.61 Å². The van der Waals surface area contributed by atoms with Crippen LogP contribution in [0.5, 0.6) is 0 Å². The average molecular weight is 465 g/mol. The molecule has 1 atom stereocenters. The fourth-order valence-electron chi connectivity index (χ4n) is 3.56. The number of unbranched alkanes of at least 4 members (excludes halogenated alkanes) is 16. The lowest BCUT2D eigenvalue weighted by Gasteiger charge is -2.11. The third-order valence-electron chi connectivity index (χ3n) is 5.47. The summed E-state index contributed by atoms with van der Waals surface area (Å²) in [4.78, 5) is 22.3. The van der Waals surface area contributed by atoms with Crippen molar-refractivity contribution >= 4 is 22.1 Å². The van der Waals surface area contributed by atoms with E-state index < -0.39 is 33.7 Å². The zero-order chi connectivity index (χ0) is 23.4. The second-order valence-corrected chi connectivity index (χ2v) is 10.0. The summed E-state index contributed by atoms with van der Waals surface area (Å²) < 4.78 is 36.0. The van der Waals surface area contributed by atoms with Crippen molar-refractivity contribution in [1.82, 2.24) is 0 Å². The Morgan fingerprint density at radius 1 is 0.710 bits per heavy atom. The number of carbonyl (C=O) groups is 2. The molecule has 0 saturated carbocycles. The average Bonchev–Trinajstić information content (AvgIpc) is 2.70. The maximum Gasteiger partial charge on any atom is 0.327 e. The summed E-state index contributed by atoms with van der Waals surface area (Å²) in [6, 6.07) is 0. The summed E-state index contributed by atoms with van der Waals surface area (Å²) in [7, 11) is -4.79. The van der Waals surface area contributed by atoms with Gasteiger partial charge in [-0.25, -0.2) is 0 Å². The molecular weight excluding hydrogens is 420 g/mol. The Balaban J connectivity index is 3.46. The van der Waals surface area contributed by atoms with Crippen molar-refractivity contribution in [3.63, 3.8) is 0 Å². The van der Waals surface area contributed by atoms with Gasteiger partial charge in [0.15, 0.2) is 5.25 Å². The van der Waals surface area contributed by atoms with Gasteiger partial charge >= 0.3 is 11.9 Å². The third-order valence-corrected chi connectivity index (χ3v) is 6.55. The molecule has 0 aromatic carbocycles. The molecule has 2 N–H and O–H groups in total. The molecule has 0 bridgehead atoms. The van der Waals surface area contributed by atoms with E-state index in [1.165, 1.54) is 83.5 Å². The predicted octanol–water partition coefficient (Wildman–Crippen LogP) is 5.91. The molecule has 0 aliphatic carbocycles. The first kappa shape index (κ1) is 29.9. The van der Waals surface area contributed by atoms with Crippen LogP contribution in [0.25, 0.3) is 0 Å². The minimum absolute atomic E-state index is 0.0308. The number of ether oxygens (including phenoxy) is 1. The summed E-state index contributed by atoms with van der Waals surface area (Å²) in [6.07, 6.45) is 20.0. The van der Waals surface area contributed by atoms with E-state index in [2.05, 4.69) is 6.92 Å². The lowest BCUT2D eigenvalue weighted by atomic mass is 10.0. The summed E-state index contributed by atoms with van der Waals surface area (Å²) in [5.41, 5.74) is 0. The molecule has 0 aliphatic heterocycles. The Kier molecular flexibility index (Phi) is 18.8. The number of hydrogen-bond acceptors (Lipinski definition) is 5. The van der Waals surface area contributed by atoms with Crippen LogP contribution in [0.15, 0.2) is 0 Å². The molecule has 0 amide bonds. The van der Waals surface area contributed by atoms with E-state index in [0.717, 1.165) is 19.3 Å². The predicted molar refractivity (Wildman–Crippen MR) is 123 cm³/mol. The molecule has 0 heterocycles. The van der Waals surface area contributed by atoms with Crippen molar-refractivity contribution in [2.24, 2.45) is 0 Å². The van der Waals surface area contributed by atoms with Gasteiger partial charge in [0.1, 0.15) is 0 Å². The van der Waals surface area contributed by atoms with Crippen LogP contribution in [-0.2, 0) is 24.4 Å². The molecule has 0 radical (unpaired) electrons. The Bertz CT molecular complexity index is 560. The molecule has 0 rings (SSSR count). The quantitative estimate of drug-likeness (QED) is 0.116. The minimum atomic E-state index is -4.79. The molecule has 0 aromatic rings. The first-order valence-corrected chi connectivity index (χ1v) is 13.6. The molecular formula is C23H44O7S. The molecule has 1 unspecified atom stereocenters. The van der Waals surface area contributed by atoms with E-state index in [1.807, 2.05) is 0 Å². The lowest BCUT2D eigenvalue weighted by molar-refractivity contribution is -0.147. The molecule has 184 valence electrons. The highest BCUT2D eigenvalue weighted by Crippen LogP contribution is 2.14. The van der Waals surface area contributed by atoms with Crippen LogP contribution in [0, 0.1) is 0 Å². The fourth-order valence-corrected chi connectivity index (χ4v) is 4.23. The van der Waals surface area contributed by atoms with Crippen molar-refractivity contribution in [3.8, 4) is 0 Å². The normalized spacial score (nSPS) is 12.6. The molecule has 0 spiro atoms. The summed E-state index contributed by atoms with van der Waals surface area (Å²) in [5.74, 6) is -2.70. The number of aliphatic carboxylic acids is 1. The van der Waals surface area contributed by atoms with Gasteiger partial charge in [-0.3, -0.25) is 14.1 Å². The summed E-state index contributed by atoms with van der Waals surface area (Å²) in [6.45, 7) is 2.28. The molecule has 0 saturated heterocycles. The van der Waals surface area contributed by atoms with Crippen LogP contribution in [0.4, 0.5) is 0 Å². The Labute approximate surface area is 189 Å². The Morgan fingerprint density at radius 2 is 1.06 bits per heavy atom. The zero-order valence-electron chi connectivity index (χ0n) is 19.4. The highest BCUT2D eigenvalue weighted by molar-refractivity contribution is 7.87. The van der Waals surface area contributed by atoms with Gasteiger partial charge < -0.3 is 9.84 Å². The van der Waals surface area contributed by atoms with Gasteiger partial charge in [-0.15, -0.1) is 0 Å². The van der Waals surface area contributed by atoms with Gasteiger partial charge in [0.25, 0.3) is 10.1 Å². The largest absolute Gasteiger partial charge is 0.481 e. The summed E-state index contributed by atoms with van der Waals surface area (Å²) in [5, 5.41) is 6.58. The number of rotatable bonds is 22. The minimum Gasteiger partial charge on any atom is -0.481 e. The molecule has 8 heteroatoms. The second-order valence-electron chi connectivity index (χ2n) is 8.43. The second kappa shape index (κ2) is 19.5. The number of carbonyl (C=O) groups excluding carboxylic acids is 1.